The van der Waals surface area contributed by atoms with Gasteiger partial charge in [0, 0.05) is 24.9 Å². The van der Waals surface area contributed by atoms with Crippen molar-refractivity contribution in [3.8, 4) is 0 Å². The van der Waals surface area contributed by atoms with Gasteiger partial charge in [-0.05, 0) is 26.2 Å². The molecule has 5 heteroatoms. The van der Waals surface area contributed by atoms with E-state index in [0.29, 0.717) is 19.6 Å². The van der Waals surface area contributed by atoms with Crippen molar-refractivity contribution in [3.05, 3.63) is 11.8 Å². The van der Waals surface area contributed by atoms with Gasteiger partial charge in [-0.3, -0.25) is 4.79 Å². The number of carbonyl (C=O) groups excluding carboxylic acids is 2. The van der Waals surface area contributed by atoms with Crippen LogP contribution in [0.1, 0.15) is 32.6 Å². The number of nitrogens with zero attached hydrogens (tertiary/aromatic N) is 1. The zero-order chi connectivity index (χ0) is 13.4. The molecule has 102 valence electrons. The molecule has 0 aromatic rings. The molecule has 0 unspecified atom stereocenters. The fourth-order valence-corrected chi connectivity index (χ4v) is 1.98. The Morgan fingerprint density at radius 3 is 2.83 bits per heavy atom. The predicted octanol–water partition coefficient (Wildman–Crippen LogP) is 1.48. The third-order valence-electron chi connectivity index (χ3n) is 2.90. The summed E-state index contributed by atoms with van der Waals surface area (Å²) in [6.45, 7) is 3.64. The number of esters is 2. The maximum atomic E-state index is 11.4. The fraction of sp³-hybridized carbons (Fsp3) is 0.692. The van der Waals surface area contributed by atoms with Gasteiger partial charge in [-0.15, -0.1) is 0 Å². The smallest absolute Gasteiger partial charge is 0.332 e. The Hall–Kier alpha value is -1.52. The lowest BCUT2D eigenvalue weighted by Crippen LogP contribution is -2.31. The van der Waals surface area contributed by atoms with Crippen LogP contribution in [0, 0.1) is 0 Å². The van der Waals surface area contributed by atoms with Gasteiger partial charge in [-0.25, -0.2) is 4.79 Å². The first kappa shape index (κ1) is 14.5. The van der Waals surface area contributed by atoms with E-state index in [4.69, 9.17) is 4.74 Å². The highest BCUT2D eigenvalue weighted by Gasteiger charge is 2.17. The van der Waals surface area contributed by atoms with Crippen molar-refractivity contribution >= 4 is 11.9 Å². The molecule has 18 heavy (non-hydrogen) atoms. The van der Waals surface area contributed by atoms with Gasteiger partial charge < -0.3 is 14.4 Å². The molecule has 0 N–H and O–H groups in total. The highest BCUT2D eigenvalue weighted by atomic mass is 16.5. The van der Waals surface area contributed by atoms with Gasteiger partial charge in [0.1, 0.15) is 0 Å². The lowest BCUT2D eigenvalue weighted by molar-refractivity contribution is -0.141. The molecule has 0 aliphatic carbocycles. The van der Waals surface area contributed by atoms with Crippen molar-refractivity contribution in [2.24, 2.45) is 0 Å². The normalized spacial score (nSPS) is 17.7. The minimum Gasteiger partial charge on any atom is -0.469 e. The van der Waals surface area contributed by atoms with Crippen LogP contribution < -0.4 is 0 Å². The van der Waals surface area contributed by atoms with Crippen LogP contribution in [-0.4, -0.2) is 43.6 Å². The van der Waals surface area contributed by atoms with E-state index >= 15 is 0 Å². The van der Waals surface area contributed by atoms with Crippen LogP contribution in [0.25, 0.3) is 0 Å². The topological polar surface area (TPSA) is 55.8 Å². The molecule has 0 amide bonds. The van der Waals surface area contributed by atoms with Crippen LogP contribution in [0.2, 0.25) is 0 Å². The maximum Gasteiger partial charge on any atom is 0.332 e. The quantitative estimate of drug-likeness (QED) is 0.550. The summed E-state index contributed by atoms with van der Waals surface area (Å²) >= 11 is 0. The van der Waals surface area contributed by atoms with Crippen LogP contribution in [0.4, 0.5) is 0 Å². The largest absolute Gasteiger partial charge is 0.469 e. The summed E-state index contributed by atoms with van der Waals surface area (Å²) in [4.78, 5) is 24.6. The Labute approximate surface area is 108 Å². The van der Waals surface area contributed by atoms with Crippen molar-refractivity contribution < 1.29 is 19.1 Å². The van der Waals surface area contributed by atoms with Crippen LogP contribution in [0.15, 0.2) is 11.8 Å². The Kier molecular flexibility index (Phi) is 6.25. The molecule has 0 bridgehead atoms. The lowest BCUT2D eigenvalue weighted by atomic mass is 10.1. The first-order valence-corrected chi connectivity index (χ1v) is 6.36. The minimum atomic E-state index is -0.308. The molecule has 1 aliphatic rings. The summed E-state index contributed by atoms with van der Waals surface area (Å²) in [7, 11) is 1.38. The van der Waals surface area contributed by atoms with Crippen molar-refractivity contribution in [2.45, 2.75) is 32.6 Å². The van der Waals surface area contributed by atoms with Gasteiger partial charge in [0.2, 0.25) is 0 Å². The van der Waals surface area contributed by atoms with E-state index in [-0.39, 0.29) is 11.9 Å². The molecule has 1 rings (SSSR count). The number of allylic oxidation sites excluding steroid dienone is 1. The van der Waals surface area contributed by atoms with E-state index in [1.807, 2.05) is 0 Å². The van der Waals surface area contributed by atoms with E-state index in [1.165, 1.54) is 7.11 Å². The molecular weight excluding hydrogens is 234 g/mol. The van der Waals surface area contributed by atoms with Crippen molar-refractivity contribution in [1.29, 1.82) is 0 Å². The molecule has 1 fully saturated rings. The first-order chi connectivity index (χ1) is 8.67. The van der Waals surface area contributed by atoms with E-state index in [2.05, 4.69) is 9.64 Å². The highest BCUT2D eigenvalue weighted by Crippen LogP contribution is 2.20. The highest BCUT2D eigenvalue weighted by molar-refractivity contribution is 5.82. The standard InChI is InChI=1S/C13H21NO4/c1-3-18-13(16)10-11-6-4-5-8-14(11)9-7-12(15)17-2/h10H,3-9H2,1-2H3/b11-10+. The molecule has 5 nitrogen and oxygen atoms in total. The first-order valence-electron chi connectivity index (χ1n) is 6.36. The average Bonchev–Trinajstić information content (AvgIpc) is 2.37. The second-order valence-electron chi connectivity index (χ2n) is 4.16. The molecule has 0 spiro atoms. The number of methoxy groups -OCH3 is 1. The van der Waals surface area contributed by atoms with Crippen LogP contribution >= 0.6 is 0 Å². The Morgan fingerprint density at radius 1 is 1.39 bits per heavy atom. The van der Waals surface area contributed by atoms with Crippen molar-refractivity contribution in [1.82, 2.24) is 4.90 Å². The number of ether oxygens (including phenoxy) is 2. The summed E-state index contributed by atoms with van der Waals surface area (Å²) < 4.78 is 9.53. The summed E-state index contributed by atoms with van der Waals surface area (Å²) in [5, 5.41) is 0. The van der Waals surface area contributed by atoms with Gasteiger partial charge in [0.25, 0.3) is 0 Å². The third kappa shape index (κ3) is 4.77. The third-order valence-corrected chi connectivity index (χ3v) is 2.90. The van der Waals surface area contributed by atoms with Gasteiger partial charge in [0.05, 0.1) is 20.1 Å². The molecular formula is C13H21NO4. The number of piperidine rings is 1. The lowest BCUT2D eigenvalue weighted by Gasteiger charge is -2.31. The number of carbonyl (C=O) groups is 2. The Bertz CT molecular complexity index is 325. The average molecular weight is 255 g/mol. The van der Waals surface area contributed by atoms with Gasteiger partial charge in [-0.2, -0.15) is 0 Å². The molecule has 0 radical (unpaired) electrons. The molecule has 1 saturated heterocycles. The fourth-order valence-electron chi connectivity index (χ4n) is 1.98. The molecule has 0 saturated carbocycles. The van der Waals surface area contributed by atoms with Crippen LogP contribution in [0.3, 0.4) is 0 Å². The number of rotatable bonds is 5. The van der Waals surface area contributed by atoms with Gasteiger partial charge in [-0.1, -0.05) is 0 Å². The molecule has 1 aliphatic heterocycles. The number of hydrogen-bond donors (Lipinski definition) is 0. The van der Waals surface area contributed by atoms with E-state index in [1.54, 1.807) is 13.0 Å². The van der Waals surface area contributed by atoms with E-state index in [9.17, 15) is 9.59 Å². The zero-order valence-electron chi connectivity index (χ0n) is 11.1. The molecule has 0 aromatic heterocycles. The molecule has 1 heterocycles. The van der Waals surface area contributed by atoms with Gasteiger partial charge >= 0.3 is 11.9 Å². The number of hydrogen-bond acceptors (Lipinski definition) is 5. The van der Waals surface area contributed by atoms with Gasteiger partial charge in [0.15, 0.2) is 0 Å². The Balaban J connectivity index is 2.56. The Morgan fingerprint density at radius 2 is 2.17 bits per heavy atom. The minimum absolute atomic E-state index is 0.226. The van der Waals surface area contributed by atoms with Crippen LogP contribution in [0.5, 0.6) is 0 Å². The summed E-state index contributed by atoms with van der Waals surface area (Å²) in [5.74, 6) is -0.534. The van der Waals surface area contributed by atoms with Crippen molar-refractivity contribution in [2.75, 3.05) is 26.8 Å². The molecule has 0 aromatic carbocycles. The summed E-state index contributed by atoms with van der Waals surface area (Å²) in [5.41, 5.74) is 0.962. The molecule has 0 atom stereocenters. The number of likely N-dealkylation sites (tertiary alicyclic amines) is 1. The van der Waals surface area contributed by atoms with E-state index < -0.39 is 0 Å². The van der Waals surface area contributed by atoms with Crippen molar-refractivity contribution in [3.63, 3.8) is 0 Å². The summed E-state index contributed by atoms with van der Waals surface area (Å²) in [6.07, 6.45) is 4.90. The SMILES string of the molecule is CCOC(=O)/C=C1\CCCCN1CCC(=O)OC. The maximum absolute atomic E-state index is 11.4. The predicted molar refractivity (Wildman–Crippen MR) is 66.8 cm³/mol. The summed E-state index contributed by atoms with van der Waals surface area (Å²) in [6, 6.07) is 0. The van der Waals surface area contributed by atoms with E-state index in [0.717, 1.165) is 31.5 Å². The second kappa shape index (κ2) is 7.74. The zero-order valence-corrected chi connectivity index (χ0v) is 11.1. The van der Waals surface area contributed by atoms with Crippen LogP contribution in [-0.2, 0) is 19.1 Å². The second-order valence-corrected chi connectivity index (χ2v) is 4.16. The monoisotopic (exact) mass is 255 g/mol.